The lowest BCUT2D eigenvalue weighted by Crippen LogP contribution is -2.38. The van der Waals surface area contributed by atoms with Crippen molar-refractivity contribution in [3.8, 4) is 5.75 Å². The van der Waals surface area contributed by atoms with Crippen molar-refractivity contribution in [2.45, 2.75) is 19.9 Å². The quantitative estimate of drug-likeness (QED) is 0.731. The van der Waals surface area contributed by atoms with Crippen LogP contribution < -0.4 is 10.1 Å². The summed E-state index contributed by atoms with van der Waals surface area (Å²) in [5.74, 6) is 1.18. The Bertz CT molecular complexity index is 874. The van der Waals surface area contributed by atoms with Gasteiger partial charge in [0.15, 0.2) is 5.58 Å². The molecule has 0 unspecified atom stereocenters. The first-order valence-electron chi connectivity index (χ1n) is 7.88. The van der Waals surface area contributed by atoms with Crippen molar-refractivity contribution in [2.24, 2.45) is 0 Å². The van der Waals surface area contributed by atoms with Crippen LogP contribution in [0, 0.1) is 6.92 Å². The van der Waals surface area contributed by atoms with E-state index in [-0.39, 0.29) is 12.6 Å². The molecule has 1 N–H and O–H groups in total. The molecule has 0 aliphatic rings. The third-order valence-electron chi connectivity index (χ3n) is 3.90. The van der Waals surface area contributed by atoms with Gasteiger partial charge in [0, 0.05) is 31.0 Å². The van der Waals surface area contributed by atoms with Crippen LogP contribution in [0.25, 0.3) is 11.1 Å². The predicted octanol–water partition coefficient (Wildman–Crippen LogP) is 2.99. The molecule has 7 nitrogen and oxygen atoms in total. The lowest BCUT2D eigenvalue weighted by atomic mass is 10.3. The third-order valence-corrected chi connectivity index (χ3v) is 4.89. The number of aromatic nitrogens is 2. The van der Waals surface area contributed by atoms with E-state index >= 15 is 0 Å². The Morgan fingerprint density at radius 2 is 2.28 bits per heavy atom. The van der Waals surface area contributed by atoms with Gasteiger partial charge in [-0.1, -0.05) is 0 Å². The molecule has 8 heteroatoms. The van der Waals surface area contributed by atoms with Crippen LogP contribution in [-0.4, -0.2) is 41.6 Å². The molecule has 132 valence electrons. The van der Waals surface area contributed by atoms with Gasteiger partial charge in [-0.05, 0) is 19.1 Å². The van der Waals surface area contributed by atoms with Crippen molar-refractivity contribution in [3.05, 3.63) is 40.2 Å². The standard InChI is InChI=1S/C17H20N4O3S/c1-11-15(25-10-19-11)6-7-21(2)17(22)18-9-16-20-13-8-12(23-3)4-5-14(13)24-16/h4-5,8,10H,6-7,9H2,1-3H3,(H,18,22). The lowest BCUT2D eigenvalue weighted by molar-refractivity contribution is 0.208. The van der Waals surface area contributed by atoms with Gasteiger partial charge in [-0.3, -0.25) is 0 Å². The normalized spacial score (nSPS) is 10.8. The van der Waals surface area contributed by atoms with Crippen molar-refractivity contribution >= 4 is 28.5 Å². The molecule has 0 saturated heterocycles. The second-order valence-corrected chi connectivity index (χ2v) is 6.57. The molecule has 2 aromatic heterocycles. The fourth-order valence-electron chi connectivity index (χ4n) is 2.38. The summed E-state index contributed by atoms with van der Waals surface area (Å²) >= 11 is 1.61. The van der Waals surface area contributed by atoms with E-state index in [0.29, 0.717) is 23.5 Å². The number of methoxy groups -OCH3 is 1. The summed E-state index contributed by atoms with van der Waals surface area (Å²) in [6.07, 6.45) is 0.795. The molecule has 2 amide bonds. The van der Waals surface area contributed by atoms with Crippen molar-refractivity contribution in [2.75, 3.05) is 20.7 Å². The number of likely N-dealkylation sites (N-methyl/N-ethyl adjacent to an activating group) is 1. The van der Waals surface area contributed by atoms with Crippen molar-refractivity contribution in [1.82, 2.24) is 20.2 Å². The molecular weight excluding hydrogens is 340 g/mol. The largest absolute Gasteiger partial charge is 0.497 e. The van der Waals surface area contributed by atoms with Gasteiger partial charge in [0.25, 0.3) is 0 Å². The fraction of sp³-hybridized carbons (Fsp3) is 0.353. The van der Waals surface area contributed by atoms with Gasteiger partial charge in [-0.25, -0.2) is 14.8 Å². The summed E-state index contributed by atoms with van der Waals surface area (Å²) < 4.78 is 10.8. The molecular formula is C17H20N4O3S. The van der Waals surface area contributed by atoms with Crippen LogP contribution in [-0.2, 0) is 13.0 Å². The van der Waals surface area contributed by atoms with Crippen molar-refractivity contribution in [1.29, 1.82) is 0 Å². The van der Waals surface area contributed by atoms with Gasteiger partial charge in [0.2, 0.25) is 5.89 Å². The molecule has 0 atom stereocenters. The number of carbonyl (C=O) groups is 1. The van der Waals surface area contributed by atoms with Crippen molar-refractivity contribution in [3.63, 3.8) is 0 Å². The number of hydrogen-bond donors (Lipinski definition) is 1. The molecule has 0 aliphatic heterocycles. The van der Waals surface area contributed by atoms with Gasteiger partial charge in [-0.2, -0.15) is 0 Å². The highest BCUT2D eigenvalue weighted by Crippen LogP contribution is 2.21. The summed E-state index contributed by atoms with van der Waals surface area (Å²) in [6.45, 7) is 2.84. The lowest BCUT2D eigenvalue weighted by Gasteiger charge is -2.17. The van der Waals surface area contributed by atoms with Crippen LogP contribution in [0.3, 0.4) is 0 Å². The Morgan fingerprint density at radius 3 is 3.00 bits per heavy atom. The van der Waals surface area contributed by atoms with E-state index in [0.717, 1.165) is 17.9 Å². The average Bonchev–Trinajstić information content (AvgIpc) is 3.22. The fourth-order valence-corrected chi connectivity index (χ4v) is 3.15. The first-order chi connectivity index (χ1) is 12.1. The van der Waals surface area contributed by atoms with Crippen LogP contribution >= 0.6 is 11.3 Å². The number of fused-ring (bicyclic) bond motifs is 1. The van der Waals surface area contributed by atoms with E-state index in [9.17, 15) is 4.79 Å². The Hall–Kier alpha value is -2.61. The minimum atomic E-state index is -0.165. The molecule has 0 saturated carbocycles. The highest BCUT2D eigenvalue weighted by atomic mass is 32.1. The number of benzene rings is 1. The van der Waals surface area contributed by atoms with Gasteiger partial charge in [-0.15, -0.1) is 11.3 Å². The number of aryl methyl sites for hydroxylation is 1. The summed E-state index contributed by atoms with van der Waals surface area (Å²) in [4.78, 5) is 23.6. The Morgan fingerprint density at radius 1 is 1.44 bits per heavy atom. The number of nitrogens with one attached hydrogen (secondary N) is 1. The molecule has 3 aromatic rings. The first kappa shape index (κ1) is 17.2. The maximum Gasteiger partial charge on any atom is 0.317 e. The third kappa shape index (κ3) is 4.08. The van der Waals surface area contributed by atoms with E-state index < -0.39 is 0 Å². The van der Waals surface area contributed by atoms with Crippen molar-refractivity contribution < 1.29 is 13.9 Å². The maximum absolute atomic E-state index is 12.2. The molecule has 0 fully saturated rings. The second kappa shape index (κ2) is 7.52. The minimum absolute atomic E-state index is 0.165. The topological polar surface area (TPSA) is 80.5 Å². The zero-order chi connectivity index (χ0) is 17.8. The molecule has 25 heavy (non-hydrogen) atoms. The Labute approximate surface area is 149 Å². The number of carbonyl (C=O) groups excluding carboxylic acids is 1. The van der Waals surface area contributed by atoms with E-state index in [1.54, 1.807) is 42.5 Å². The van der Waals surface area contributed by atoms with Gasteiger partial charge < -0.3 is 19.4 Å². The van der Waals surface area contributed by atoms with Gasteiger partial charge >= 0.3 is 6.03 Å². The molecule has 0 radical (unpaired) electrons. The SMILES string of the molecule is COc1ccc2oc(CNC(=O)N(C)CCc3scnc3C)nc2c1. The van der Waals surface area contributed by atoms with Gasteiger partial charge in [0.1, 0.15) is 11.3 Å². The monoisotopic (exact) mass is 360 g/mol. The number of ether oxygens (including phenoxy) is 1. The molecule has 2 heterocycles. The summed E-state index contributed by atoms with van der Waals surface area (Å²) in [6, 6.07) is 5.25. The van der Waals surface area contributed by atoms with E-state index in [4.69, 9.17) is 9.15 Å². The predicted molar refractivity (Wildman–Crippen MR) is 96.0 cm³/mol. The number of hydrogen-bond acceptors (Lipinski definition) is 6. The van der Waals surface area contributed by atoms with Crippen LogP contribution in [0.1, 0.15) is 16.5 Å². The van der Waals surface area contributed by atoms with E-state index in [1.807, 2.05) is 18.5 Å². The first-order valence-corrected chi connectivity index (χ1v) is 8.76. The zero-order valence-electron chi connectivity index (χ0n) is 14.4. The van der Waals surface area contributed by atoms with Crippen LogP contribution in [0.5, 0.6) is 5.75 Å². The number of nitrogens with zero attached hydrogens (tertiary/aromatic N) is 3. The van der Waals surface area contributed by atoms with Crippen LogP contribution in [0.4, 0.5) is 4.79 Å². The van der Waals surface area contributed by atoms with E-state index in [1.165, 1.54) is 4.88 Å². The molecule has 0 spiro atoms. The highest BCUT2D eigenvalue weighted by molar-refractivity contribution is 7.09. The minimum Gasteiger partial charge on any atom is -0.497 e. The molecule has 3 rings (SSSR count). The Kier molecular flexibility index (Phi) is 5.18. The summed E-state index contributed by atoms with van der Waals surface area (Å²) in [7, 11) is 3.37. The highest BCUT2D eigenvalue weighted by Gasteiger charge is 2.12. The van der Waals surface area contributed by atoms with E-state index in [2.05, 4.69) is 15.3 Å². The summed E-state index contributed by atoms with van der Waals surface area (Å²) in [5.41, 5.74) is 4.23. The Balaban J connectivity index is 1.53. The number of thiazole rings is 1. The maximum atomic E-state index is 12.2. The number of rotatable bonds is 6. The molecule has 0 bridgehead atoms. The van der Waals surface area contributed by atoms with Crippen LogP contribution in [0.15, 0.2) is 28.1 Å². The zero-order valence-corrected chi connectivity index (χ0v) is 15.2. The van der Waals surface area contributed by atoms with Crippen LogP contribution in [0.2, 0.25) is 0 Å². The summed E-state index contributed by atoms with van der Waals surface area (Å²) in [5, 5.41) is 2.82. The van der Waals surface area contributed by atoms with Gasteiger partial charge in [0.05, 0.1) is 24.9 Å². The smallest absolute Gasteiger partial charge is 0.317 e. The second-order valence-electron chi connectivity index (χ2n) is 5.63. The molecule has 0 aliphatic carbocycles. The average molecular weight is 360 g/mol. The number of oxazole rings is 1. The number of amides is 2. The number of urea groups is 1. The molecule has 1 aromatic carbocycles.